The Morgan fingerprint density at radius 1 is 1.11 bits per heavy atom. The Balaban J connectivity index is 2.87. The van der Waals surface area contributed by atoms with Crippen LogP contribution in [0.5, 0.6) is 0 Å². The molecule has 0 atom stereocenters. The van der Waals surface area contributed by atoms with Gasteiger partial charge in [-0.2, -0.15) is 4.31 Å². The minimum absolute atomic E-state index is 0.242. The van der Waals surface area contributed by atoms with Crippen molar-refractivity contribution in [1.82, 2.24) is 4.31 Å². The lowest BCUT2D eigenvalue weighted by Gasteiger charge is -2.26. The van der Waals surface area contributed by atoms with Gasteiger partial charge in [-0.1, -0.05) is 12.8 Å². The lowest BCUT2D eigenvalue weighted by Crippen LogP contribution is -2.45. The van der Waals surface area contributed by atoms with Crippen molar-refractivity contribution in [1.29, 1.82) is 0 Å². The zero-order valence-electron chi connectivity index (χ0n) is 11.1. The molecule has 0 aliphatic heterocycles. The fourth-order valence-electron chi connectivity index (χ4n) is 2.13. The van der Waals surface area contributed by atoms with Crippen LogP contribution in [-0.2, 0) is 29.1 Å². The number of carbonyl (C=O) groups is 2. The highest BCUT2D eigenvalue weighted by molar-refractivity contribution is 7.89. The quantitative estimate of drug-likeness (QED) is 0.636. The highest BCUT2D eigenvalue weighted by atomic mass is 32.2. The summed E-state index contributed by atoms with van der Waals surface area (Å²) >= 11 is 0. The Morgan fingerprint density at radius 3 is 2.11 bits per heavy atom. The van der Waals surface area contributed by atoms with Gasteiger partial charge in [-0.15, -0.1) is 0 Å². The molecule has 0 aromatic heterocycles. The van der Waals surface area contributed by atoms with E-state index in [-0.39, 0.29) is 12.6 Å². The van der Waals surface area contributed by atoms with Crippen LogP contribution in [0.25, 0.3) is 0 Å². The first kappa shape index (κ1) is 15.9. The van der Waals surface area contributed by atoms with Crippen molar-refractivity contribution >= 4 is 22.0 Å². The molecule has 7 nitrogen and oxygen atoms in total. The van der Waals surface area contributed by atoms with Gasteiger partial charge in [0.25, 0.3) is 0 Å². The van der Waals surface area contributed by atoms with E-state index >= 15 is 0 Å². The van der Waals surface area contributed by atoms with E-state index in [9.17, 15) is 18.0 Å². The lowest BCUT2D eigenvalue weighted by atomic mass is 10.2. The summed E-state index contributed by atoms with van der Waals surface area (Å²) in [4.78, 5) is 22.5. The fraction of sp³-hybridized carbons (Fsp3) is 0.818. The normalized spacial score (nSPS) is 16.6. The standard InChI is InChI=1S/C11H19NO6S/c1-17-10(13)7-12(9-5-3-4-6-9)19(15,16)8-11(14)18-2/h9H,3-8H2,1-2H3. The number of sulfonamides is 1. The van der Waals surface area contributed by atoms with Gasteiger partial charge in [-0.3, -0.25) is 9.59 Å². The number of esters is 2. The summed E-state index contributed by atoms with van der Waals surface area (Å²) in [6.45, 7) is -0.361. The van der Waals surface area contributed by atoms with E-state index in [0.29, 0.717) is 12.8 Å². The molecule has 0 amide bonds. The smallest absolute Gasteiger partial charge is 0.322 e. The van der Waals surface area contributed by atoms with E-state index in [2.05, 4.69) is 9.47 Å². The van der Waals surface area contributed by atoms with E-state index in [0.717, 1.165) is 24.3 Å². The molecule has 1 rings (SSSR count). The van der Waals surface area contributed by atoms with Crippen LogP contribution in [-0.4, -0.2) is 57.2 Å². The predicted octanol–water partition coefficient (Wildman–Crippen LogP) is -0.0932. The Bertz CT molecular complexity index is 426. The zero-order valence-corrected chi connectivity index (χ0v) is 11.9. The van der Waals surface area contributed by atoms with Crippen molar-refractivity contribution in [3.63, 3.8) is 0 Å². The highest BCUT2D eigenvalue weighted by Crippen LogP contribution is 2.25. The van der Waals surface area contributed by atoms with Crippen LogP contribution in [0.15, 0.2) is 0 Å². The summed E-state index contributed by atoms with van der Waals surface area (Å²) in [6.07, 6.45) is 3.21. The lowest BCUT2D eigenvalue weighted by molar-refractivity contribution is -0.141. The summed E-state index contributed by atoms with van der Waals surface area (Å²) in [7, 11) is -1.54. The van der Waals surface area contributed by atoms with Crippen molar-refractivity contribution in [2.45, 2.75) is 31.7 Å². The van der Waals surface area contributed by atoms with Gasteiger partial charge >= 0.3 is 11.9 Å². The molecular weight excluding hydrogens is 274 g/mol. The van der Waals surface area contributed by atoms with Gasteiger partial charge in [0, 0.05) is 6.04 Å². The van der Waals surface area contributed by atoms with Gasteiger partial charge in [0.2, 0.25) is 10.0 Å². The third kappa shape index (κ3) is 4.46. The Labute approximate surface area is 112 Å². The van der Waals surface area contributed by atoms with Crippen LogP contribution in [0.1, 0.15) is 25.7 Å². The van der Waals surface area contributed by atoms with Crippen LogP contribution >= 0.6 is 0 Å². The second-order valence-corrected chi connectivity index (χ2v) is 6.31. The summed E-state index contributed by atoms with van der Waals surface area (Å²) in [5, 5.41) is 0. The summed E-state index contributed by atoms with van der Waals surface area (Å²) < 4.78 is 34.3. The number of hydrogen-bond donors (Lipinski definition) is 0. The number of rotatable bonds is 6. The Morgan fingerprint density at radius 2 is 1.63 bits per heavy atom. The van der Waals surface area contributed by atoms with Crippen molar-refractivity contribution < 1.29 is 27.5 Å². The Hall–Kier alpha value is -1.15. The van der Waals surface area contributed by atoms with Crippen molar-refractivity contribution in [2.24, 2.45) is 0 Å². The van der Waals surface area contributed by atoms with Gasteiger partial charge in [-0.25, -0.2) is 8.42 Å². The van der Waals surface area contributed by atoms with Crippen LogP contribution < -0.4 is 0 Å². The molecule has 0 spiro atoms. The third-order valence-corrected chi connectivity index (χ3v) is 4.87. The molecule has 1 aliphatic rings. The molecule has 0 radical (unpaired) electrons. The van der Waals surface area contributed by atoms with Gasteiger partial charge < -0.3 is 9.47 Å². The fourth-order valence-corrected chi connectivity index (χ4v) is 3.68. The van der Waals surface area contributed by atoms with Crippen molar-refractivity contribution in [3.8, 4) is 0 Å². The van der Waals surface area contributed by atoms with Crippen LogP contribution in [0.3, 0.4) is 0 Å². The predicted molar refractivity (Wildman–Crippen MR) is 66.8 cm³/mol. The van der Waals surface area contributed by atoms with Gasteiger partial charge in [-0.05, 0) is 12.8 Å². The average Bonchev–Trinajstić information content (AvgIpc) is 2.88. The molecule has 1 fully saturated rings. The monoisotopic (exact) mass is 293 g/mol. The van der Waals surface area contributed by atoms with E-state index in [1.165, 1.54) is 7.11 Å². The number of methoxy groups -OCH3 is 2. The SMILES string of the molecule is COC(=O)CN(C1CCCC1)S(=O)(=O)CC(=O)OC. The number of hydrogen-bond acceptors (Lipinski definition) is 6. The van der Waals surface area contributed by atoms with E-state index in [1.807, 2.05) is 0 Å². The second-order valence-electron chi connectivity index (χ2n) is 4.39. The molecule has 0 unspecified atom stereocenters. The third-order valence-electron chi connectivity index (χ3n) is 3.13. The minimum Gasteiger partial charge on any atom is -0.468 e. The van der Waals surface area contributed by atoms with Crippen LogP contribution in [0.4, 0.5) is 0 Å². The molecule has 0 aromatic rings. The topological polar surface area (TPSA) is 90.0 Å². The first-order valence-electron chi connectivity index (χ1n) is 6.04. The summed E-state index contributed by atoms with van der Waals surface area (Å²) in [5.74, 6) is -2.23. The van der Waals surface area contributed by atoms with Crippen molar-refractivity contribution in [3.05, 3.63) is 0 Å². The number of nitrogens with zero attached hydrogens (tertiary/aromatic N) is 1. The molecule has 1 saturated carbocycles. The molecule has 110 valence electrons. The first-order valence-corrected chi connectivity index (χ1v) is 7.64. The number of carbonyl (C=O) groups excluding carboxylic acids is 2. The van der Waals surface area contributed by atoms with Crippen molar-refractivity contribution in [2.75, 3.05) is 26.5 Å². The van der Waals surface area contributed by atoms with Gasteiger partial charge in [0.05, 0.1) is 14.2 Å². The maximum absolute atomic E-state index is 12.2. The number of ether oxygens (including phenoxy) is 2. The summed E-state index contributed by atoms with van der Waals surface area (Å²) in [5.41, 5.74) is 0. The largest absolute Gasteiger partial charge is 0.468 e. The maximum Gasteiger partial charge on any atom is 0.322 e. The maximum atomic E-state index is 12.2. The molecule has 1 aliphatic carbocycles. The molecule has 0 N–H and O–H groups in total. The zero-order chi connectivity index (χ0) is 14.5. The first-order chi connectivity index (χ1) is 8.90. The molecule has 0 aromatic carbocycles. The minimum atomic E-state index is -3.86. The van der Waals surface area contributed by atoms with E-state index < -0.39 is 27.7 Å². The average molecular weight is 293 g/mol. The van der Waals surface area contributed by atoms with E-state index in [1.54, 1.807) is 0 Å². The van der Waals surface area contributed by atoms with Crippen LogP contribution in [0, 0.1) is 0 Å². The Kier molecular flexibility index (Phi) is 5.74. The molecular formula is C11H19NO6S. The molecule has 8 heteroatoms. The molecule has 19 heavy (non-hydrogen) atoms. The van der Waals surface area contributed by atoms with E-state index in [4.69, 9.17) is 0 Å². The molecule has 0 bridgehead atoms. The second kappa shape index (κ2) is 6.85. The summed E-state index contributed by atoms with van der Waals surface area (Å²) in [6, 6.07) is -0.242. The molecule has 0 heterocycles. The van der Waals surface area contributed by atoms with Gasteiger partial charge in [0.15, 0.2) is 5.75 Å². The molecule has 0 saturated heterocycles. The van der Waals surface area contributed by atoms with Gasteiger partial charge in [0.1, 0.15) is 6.54 Å². The highest BCUT2D eigenvalue weighted by Gasteiger charge is 2.35. The van der Waals surface area contributed by atoms with Crippen LogP contribution in [0.2, 0.25) is 0 Å².